The molecule has 0 aliphatic rings. The maximum Gasteiger partial charge on any atom is 0.330 e. The van der Waals surface area contributed by atoms with Gasteiger partial charge >= 0.3 is 5.97 Å². The number of primary amides is 1. The van der Waals surface area contributed by atoms with E-state index in [0.717, 1.165) is 5.56 Å². The molecule has 0 aliphatic heterocycles. The average Bonchev–Trinajstić information content (AvgIpc) is 2.26. The van der Waals surface area contributed by atoms with Gasteiger partial charge in [-0.2, -0.15) is 0 Å². The standard InChI is InChI=1S/C11H11NO3/c1-15-10(13)6-5-8-3-2-4-9(7-8)11(12)14/h2-7H,1H3,(H2,12,14). The Kier molecular flexibility index (Phi) is 3.62. The monoisotopic (exact) mass is 205 g/mol. The predicted octanol–water partition coefficient (Wildman–Crippen LogP) is 0.972. The molecule has 0 saturated heterocycles. The minimum Gasteiger partial charge on any atom is -0.466 e. The van der Waals surface area contributed by atoms with Gasteiger partial charge in [-0.1, -0.05) is 12.1 Å². The van der Waals surface area contributed by atoms with E-state index in [0.29, 0.717) is 5.56 Å². The maximum absolute atomic E-state index is 10.9. The smallest absolute Gasteiger partial charge is 0.330 e. The fraction of sp³-hybridized carbons (Fsp3) is 0.0909. The first-order chi connectivity index (χ1) is 7.13. The first-order valence-electron chi connectivity index (χ1n) is 4.29. The fourth-order valence-corrected chi connectivity index (χ4v) is 1.03. The quantitative estimate of drug-likeness (QED) is 0.590. The summed E-state index contributed by atoms with van der Waals surface area (Å²) < 4.78 is 4.43. The number of hydrogen-bond donors (Lipinski definition) is 1. The van der Waals surface area contributed by atoms with Gasteiger partial charge in [-0.05, 0) is 23.8 Å². The number of nitrogens with two attached hydrogens (primary N) is 1. The van der Waals surface area contributed by atoms with Crippen molar-refractivity contribution in [2.45, 2.75) is 0 Å². The highest BCUT2D eigenvalue weighted by Gasteiger charge is 1.99. The van der Waals surface area contributed by atoms with Gasteiger partial charge in [-0.3, -0.25) is 4.79 Å². The van der Waals surface area contributed by atoms with E-state index in [1.54, 1.807) is 30.3 Å². The Morgan fingerprint density at radius 1 is 1.40 bits per heavy atom. The zero-order chi connectivity index (χ0) is 11.3. The van der Waals surface area contributed by atoms with Crippen LogP contribution in [0.3, 0.4) is 0 Å². The molecule has 15 heavy (non-hydrogen) atoms. The van der Waals surface area contributed by atoms with Crippen LogP contribution in [-0.4, -0.2) is 19.0 Å². The van der Waals surface area contributed by atoms with Crippen LogP contribution >= 0.6 is 0 Å². The van der Waals surface area contributed by atoms with E-state index in [4.69, 9.17) is 5.73 Å². The third-order valence-electron chi connectivity index (χ3n) is 1.78. The summed E-state index contributed by atoms with van der Waals surface area (Å²) in [6, 6.07) is 6.66. The van der Waals surface area contributed by atoms with Crippen molar-refractivity contribution in [2.75, 3.05) is 7.11 Å². The van der Waals surface area contributed by atoms with Gasteiger partial charge < -0.3 is 10.5 Å². The second kappa shape index (κ2) is 4.95. The zero-order valence-corrected chi connectivity index (χ0v) is 8.27. The van der Waals surface area contributed by atoms with E-state index >= 15 is 0 Å². The Labute approximate surface area is 87.3 Å². The predicted molar refractivity (Wildman–Crippen MR) is 56.0 cm³/mol. The molecular formula is C11H11NO3. The number of carbonyl (C=O) groups excluding carboxylic acids is 2. The molecule has 0 bridgehead atoms. The molecular weight excluding hydrogens is 194 g/mol. The van der Waals surface area contributed by atoms with E-state index in [9.17, 15) is 9.59 Å². The third kappa shape index (κ3) is 3.27. The molecule has 0 aliphatic carbocycles. The summed E-state index contributed by atoms with van der Waals surface area (Å²) in [5, 5.41) is 0. The van der Waals surface area contributed by atoms with E-state index in [1.807, 2.05) is 0 Å². The second-order valence-electron chi connectivity index (χ2n) is 2.85. The van der Waals surface area contributed by atoms with Crippen LogP contribution in [-0.2, 0) is 9.53 Å². The second-order valence-corrected chi connectivity index (χ2v) is 2.85. The van der Waals surface area contributed by atoms with Gasteiger partial charge in [0.15, 0.2) is 0 Å². The molecule has 1 aromatic carbocycles. The Balaban J connectivity index is 2.87. The summed E-state index contributed by atoms with van der Waals surface area (Å²) in [7, 11) is 1.30. The molecule has 0 saturated carbocycles. The lowest BCUT2D eigenvalue weighted by Crippen LogP contribution is -2.10. The van der Waals surface area contributed by atoms with Crippen molar-refractivity contribution in [1.82, 2.24) is 0 Å². The van der Waals surface area contributed by atoms with Crippen molar-refractivity contribution >= 4 is 18.0 Å². The van der Waals surface area contributed by atoms with Crippen LogP contribution in [0.5, 0.6) is 0 Å². The van der Waals surface area contributed by atoms with Gasteiger partial charge in [0, 0.05) is 11.6 Å². The molecule has 1 amide bonds. The lowest BCUT2D eigenvalue weighted by atomic mass is 10.1. The zero-order valence-electron chi connectivity index (χ0n) is 8.27. The van der Waals surface area contributed by atoms with Crippen LogP contribution in [0.25, 0.3) is 6.08 Å². The van der Waals surface area contributed by atoms with Crippen molar-refractivity contribution in [3.8, 4) is 0 Å². The fourth-order valence-electron chi connectivity index (χ4n) is 1.03. The first-order valence-corrected chi connectivity index (χ1v) is 4.29. The SMILES string of the molecule is COC(=O)C=Cc1cccc(C(N)=O)c1. The van der Waals surface area contributed by atoms with Gasteiger partial charge in [-0.25, -0.2) is 4.79 Å². The van der Waals surface area contributed by atoms with Crippen molar-refractivity contribution in [1.29, 1.82) is 0 Å². The summed E-state index contributed by atoms with van der Waals surface area (Å²) in [5.74, 6) is -0.942. The molecule has 2 N–H and O–H groups in total. The largest absolute Gasteiger partial charge is 0.466 e. The maximum atomic E-state index is 10.9. The summed E-state index contributed by atoms with van der Waals surface area (Å²) >= 11 is 0. The van der Waals surface area contributed by atoms with Crippen LogP contribution in [0, 0.1) is 0 Å². The van der Waals surface area contributed by atoms with Crippen LogP contribution in [0.2, 0.25) is 0 Å². The van der Waals surface area contributed by atoms with Crippen molar-refractivity contribution < 1.29 is 14.3 Å². The summed E-state index contributed by atoms with van der Waals surface area (Å²) in [5.41, 5.74) is 6.23. The van der Waals surface area contributed by atoms with Crippen molar-refractivity contribution in [2.24, 2.45) is 5.73 Å². The third-order valence-corrected chi connectivity index (χ3v) is 1.78. The Hall–Kier alpha value is -2.10. The highest BCUT2D eigenvalue weighted by atomic mass is 16.5. The molecule has 78 valence electrons. The van der Waals surface area contributed by atoms with E-state index in [1.165, 1.54) is 13.2 Å². The molecule has 4 heteroatoms. The van der Waals surface area contributed by atoms with Crippen molar-refractivity contribution in [3.63, 3.8) is 0 Å². The van der Waals surface area contributed by atoms with Crippen LogP contribution in [0.1, 0.15) is 15.9 Å². The van der Waals surface area contributed by atoms with E-state index in [2.05, 4.69) is 4.74 Å². The van der Waals surface area contributed by atoms with Crippen LogP contribution in [0.15, 0.2) is 30.3 Å². The highest BCUT2D eigenvalue weighted by molar-refractivity contribution is 5.94. The topological polar surface area (TPSA) is 69.4 Å². The van der Waals surface area contributed by atoms with Gasteiger partial charge in [-0.15, -0.1) is 0 Å². The molecule has 0 heterocycles. The number of rotatable bonds is 3. The summed E-state index contributed by atoms with van der Waals surface area (Å²) in [4.78, 5) is 21.7. The van der Waals surface area contributed by atoms with E-state index in [-0.39, 0.29) is 0 Å². The first kappa shape index (κ1) is 11.0. The molecule has 4 nitrogen and oxygen atoms in total. The molecule has 1 aromatic rings. The minimum atomic E-state index is -0.497. The molecule has 1 rings (SSSR count). The number of amides is 1. The Morgan fingerprint density at radius 3 is 2.73 bits per heavy atom. The van der Waals surface area contributed by atoms with Crippen molar-refractivity contribution in [3.05, 3.63) is 41.5 Å². The van der Waals surface area contributed by atoms with Crippen LogP contribution < -0.4 is 5.73 Å². The molecule has 0 radical (unpaired) electrons. The van der Waals surface area contributed by atoms with Gasteiger partial charge in [0.25, 0.3) is 0 Å². The minimum absolute atomic E-state index is 0.405. The normalized spacial score (nSPS) is 10.2. The van der Waals surface area contributed by atoms with E-state index < -0.39 is 11.9 Å². The molecule has 0 aromatic heterocycles. The Bertz CT molecular complexity index is 410. The van der Waals surface area contributed by atoms with Gasteiger partial charge in [0.2, 0.25) is 5.91 Å². The summed E-state index contributed by atoms with van der Waals surface area (Å²) in [6.45, 7) is 0. The number of carbonyl (C=O) groups is 2. The van der Waals surface area contributed by atoms with Gasteiger partial charge in [0.05, 0.1) is 7.11 Å². The lowest BCUT2D eigenvalue weighted by Gasteiger charge is -1.97. The number of methoxy groups -OCH3 is 1. The Morgan fingerprint density at radius 2 is 2.13 bits per heavy atom. The number of ether oxygens (including phenoxy) is 1. The number of esters is 1. The lowest BCUT2D eigenvalue weighted by molar-refractivity contribution is -0.134. The summed E-state index contributed by atoms with van der Waals surface area (Å²) in [6.07, 6.45) is 2.83. The van der Waals surface area contributed by atoms with Crippen LogP contribution in [0.4, 0.5) is 0 Å². The molecule has 0 fully saturated rings. The highest BCUT2D eigenvalue weighted by Crippen LogP contribution is 2.06. The number of benzene rings is 1. The molecule has 0 spiro atoms. The van der Waals surface area contributed by atoms with Gasteiger partial charge in [0.1, 0.15) is 0 Å². The molecule has 0 unspecified atom stereocenters. The molecule has 0 atom stereocenters. The number of hydrogen-bond acceptors (Lipinski definition) is 3. The average molecular weight is 205 g/mol.